The molecular formula is C6H11NO4. The van der Waals surface area contributed by atoms with Crippen molar-refractivity contribution in [1.82, 2.24) is 0 Å². The Morgan fingerprint density at radius 1 is 1.27 bits per heavy atom. The molecule has 64 valence electrons. The molecule has 1 fully saturated rings. The maximum Gasteiger partial charge on any atom is 0.263 e. The van der Waals surface area contributed by atoms with E-state index >= 15 is 0 Å². The first kappa shape index (κ1) is 8.42. The van der Waals surface area contributed by atoms with Crippen molar-refractivity contribution in [2.45, 2.75) is 37.5 Å². The zero-order valence-electron chi connectivity index (χ0n) is 6.01. The molecular weight excluding hydrogens is 150 g/mol. The molecule has 1 rings (SSSR count). The molecule has 0 bridgehead atoms. The lowest BCUT2D eigenvalue weighted by Crippen LogP contribution is -2.46. The third-order valence-electron chi connectivity index (χ3n) is 2.03. The SMILES string of the molecule is O=[N+]([O-])[C@H]1[C@H](O)CCC[C@@H]1O. The van der Waals surface area contributed by atoms with Crippen molar-refractivity contribution in [3.8, 4) is 0 Å². The summed E-state index contributed by atoms with van der Waals surface area (Å²) in [6, 6.07) is -1.18. The van der Waals surface area contributed by atoms with E-state index in [1.807, 2.05) is 0 Å². The highest BCUT2D eigenvalue weighted by molar-refractivity contribution is 4.81. The molecule has 0 amide bonds. The van der Waals surface area contributed by atoms with Gasteiger partial charge in [-0.3, -0.25) is 10.1 Å². The maximum absolute atomic E-state index is 10.3. The highest BCUT2D eigenvalue weighted by Gasteiger charge is 2.39. The van der Waals surface area contributed by atoms with E-state index in [2.05, 4.69) is 0 Å². The molecule has 0 aliphatic heterocycles. The molecule has 0 saturated heterocycles. The predicted molar refractivity (Wildman–Crippen MR) is 36.6 cm³/mol. The minimum absolute atomic E-state index is 0.419. The quantitative estimate of drug-likeness (QED) is 0.402. The number of aliphatic hydroxyl groups excluding tert-OH is 2. The molecule has 2 N–H and O–H groups in total. The molecule has 1 saturated carbocycles. The Labute approximate surface area is 63.8 Å². The minimum atomic E-state index is -1.18. The second-order valence-corrected chi connectivity index (χ2v) is 2.84. The number of nitrogens with zero attached hydrogens (tertiary/aromatic N) is 1. The van der Waals surface area contributed by atoms with Gasteiger partial charge < -0.3 is 10.2 Å². The second kappa shape index (κ2) is 3.15. The van der Waals surface area contributed by atoms with Crippen LogP contribution in [0.1, 0.15) is 19.3 Å². The molecule has 0 aromatic rings. The fourth-order valence-corrected chi connectivity index (χ4v) is 1.42. The van der Waals surface area contributed by atoms with E-state index in [9.17, 15) is 10.1 Å². The summed E-state index contributed by atoms with van der Waals surface area (Å²) in [6.45, 7) is 0. The molecule has 0 aromatic carbocycles. The van der Waals surface area contributed by atoms with Gasteiger partial charge in [-0.05, 0) is 19.3 Å². The van der Waals surface area contributed by atoms with Crippen molar-refractivity contribution in [1.29, 1.82) is 0 Å². The summed E-state index contributed by atoms with van der Waals surface area (Å²) in [5.41, 5.74) is 0. The number of aliphatic hydroxyl groups is 2. The van der Waals surface area contributed by atoms with Gasteiger partial charge in [0.15, 0.2) is 0 Å². The topological polar surface area (TPSA) is 83.6 Å². The van der Waals surface area contributed by atoms with Crippen LogP contribution < -0.4 is 0 Å². The summed E-state index contributed by atoms with van der Waals surface area (Å²) in [4.78, 5) is 9.66. The first-order valence-electron chi connectivity index (χ1n) is 3.62. The van der Waals surface area contributed by atoms with Crippen LogP contribution in [0, 0.1) is 10.1 Å². The Kier molecular flexibility index (Phi) is 2.41. The van der Waals surface area contributed by atoms with Crippen molar-refractivity contribution in [3.05, 3.63) is 10.1 Å². The highest BCUT2D eigenvalue weighted by Crippen LogP contribution is 2.20. The summed E-state index contributed by atoms with van der Waals surface area (Å²) in [7, 11) is 0. The van der Waals surface area contributed by atoms with Gasteiger partial charge in [-0.15, -0.1) is 0 Å². The lowest BCUT2D eigenvalue weighted by molar-refractivity contribution is -0.549. The van der Waals surface area contributed by atoms with Crippen LogP contribution in [-0.4, -0.2) is 33.4 Å². The van der Waals surface area contributed by atoms with Gasteiger partial charge in [-0.25, -0.2) is 0 Å². The van der Waals surface area contributed by atoms with Crippen LogP contribution in [0.25, 0.3) is 0 Å². The van der Waals surface area contributed by atoms with E-state index in [4.69, 9.17) is 10.2 Å². The summed E-state index contributed by atoms with van der Waals surface area (Å²) in [5, 5.41) is 28.5. The van der Waals surface area contributed by atoms with Gasteiger partial charge in [-0.1, -0.05) is 0 Å². The number of rotatable bonds is 1. The Hall–Kier alpha value is -0.680. The van der Waals surface area contributed by atoms with E-state index in [-0.39, 0.29) is 0 Å². The van der Waals surface area contributed by atoms with Crippen LogP contribution in [0.4, 0.5) is 0 Å². The zero-order chi connectivity index (χ0) is 8.43. The van der Waals surface area contributed by atoms with Crippen LogP contribution in [0.3, 0.4) is 0 Å². The normalized spacial score (nSPS) is 38.5. The molecule has 0 aromatic heterocycles. The van der Waals surface area contributed by atoms with Crippen LogP contribution in [-0.2, 0) is 0 Å². The molecule has 11 heavy (non-hydrogen) atoms. The zero-order valence-corrected chi connectivity index (χ0v) is 6.01. The first-order chi connectivity index (χ1) is 5.13. The Balaban J connectivity index is 2.62. The van der Waals surface area contributed by atoms with E-state index in [1.165, 1.54) is 0 Å². The van der Waals surface area contributed by atoms with Gasteiger partial charge in [0, 0.05) is 4.92 Å². The molecule has 5 nitrogen and oxygen atoms in total. The summed E-state index contributed by atoms with van der Waals surface area (Å²) in [6.07, 6.45) is -0.458. The largest absolute Gasteiger partial charge is 0.386 e. The predicted octanol–water partition coefficient (Wildman–Crippen LogP) is -0.463. The van der Waals surface area contributed by atoms with Gasteiger partial charge in [0.25, 0.3) is 6.04 Å². The fraction of sp³-hybridized carbons (Fsp3) is 1.00. The average molecular weight is 161 g/mol. The maximum atomic E-state index is 10.3. The van der Waals surface area contributed by atoms with Crippen molar-refractivity contribution in [2.24, 2.45) is 0 Å². The molecule has 1 aliphatic rings. The molecule has 3 atom stereocenters. The Bertz CT molecular complexity index is 151. The summed E-state index contributed by atoms with van der Waals surface area (Å²) < 4.78 is 0. The van der Waals surface area contributed by atoms with Crippen LogP contribution >= 0.6 is 0 Å². The summed E-state index contributed by atoms with van der Waals surface area (Å²) >= 11 is 0. The van der Waals surface area contributed by atoms with Crippen molar-refractivity contribution in [2.75, 3.05) is 0 Å². The van der Waals surface area contributed by atoms with Gasteiger partial charge in [0.05, 0.1) is 0 Å². The van der Waals surface area contributed by atoms with Crippen molar-refractivity contribution in [3.63, 3.8) is 0 Å². The van der Waals surface area contributed by atoms with Gasteiger partial charge >= 0.3 is 0 Å². The van der Waals surface area contributed by atoms with E-state index in [0.29, 0.717) is 19.3 Å². The van der Waals surface area contributed by atoms with Crippen molar-refractivity contribution < 1.29 is 15.1 Å². The monoisotopic (exact) mass is 161 g/mol. The van der Waals surface area contributed by atoms with E-state index in [0.717, 1.165) is 0 Å². The third kappa shape index (κ3) is 1.66. The van der Waals surface area contributed by atoms with Crippen LogP contribution in [0.5, 0.6) is 0 Å². The number of hydrogen-bond acceptors (Lipinski definition) is 4. The molecule has 1 aliphatic carbocycles. The molecule has 0 unspecified atom stereocenters. The highest BCUT2D eigenvalue weighted by atomic mass is 16.6. The average Bonchev–Trinajstić information content (AvgIpc) is 1.85. The lowest BCUT2D eigenvalue weighted by atomic mass is 9.90. The van der Waals surface area contributed by atoms with Crippen LogP contribution in [0.15, 0.2) is 0 Å². The third-order valence-corrected chi connectivity index (χ3v) is 2.03. The molecule has 0 radical (unpaired) electrons. The van der Waals surface area contributed by atoms with Crippen LogP contribution in [0.2, 0.25) is 0 Å². The summed E-state index contributed by atoms with van der Waals surface area (Å²) in [5.74, 6) is 0. The molecule has 0 spiro atoms. The van der Waals surface area contributed by atoms with E-state index in [1.54, 1.807) is 0 Å². The van der Waals surface area contributed by atoms with Gasteiger partial charge in [-0.2, -0.15) is 0 Å². The second-order valence-electron chi connectivity index (χ2n) is 2.84. The van der Waals surface area contributed by atoms with E-state index < -0.39 is 23.2 Å². The molecule has 0 heterocycles. The first-order valence-corrected chi connectivity index (χ1v) is 3.62. The van der Waals surface area contributed by atoms with Gasteiger partial charge in [0.2, 0.25) is 0 Å². The fourth-order valence-electron chi connectivity index (χ4n) is 1.42. The van der Waals surface area contributed by atoms with Crippen molar-refractivity contribution >= 4 is 0 Å². The lowest BCUT2D eigenvalue weighted by Gasteiger charge is -2.25. The molecule has 5 heteroatoms. The minimum Gasteiger partial charge on any atom is -0.386 e. The van der Waals surface area contributed by atoms with Gasteiger partial charge in [0.1, 0.15) is 12.2 Å². The Morgan fingerprint density at radius 2 is 1.73 bits per heavy atom. The smallest absolute Gasteiger partial charge is 0.263 e. The number of nitro groups is 1. The number of hydrogen-bond donors (Lipinski definition) is 2. The standard InChI is InChI=1S/C6H11NO4/c8-4-2-1-3-5(9)6(4)7(10)11/h4-6,8-9H,1-3H2/t4-,5+,6+. The Morgan fingerprint density at radius 3 is 2.00 bits per heavy atom.